The Morgan fingerprint density at radius 2 is 1.97 bits per heavy atom. The van der Waals surface area contributed by atoms with Crippen LogP contribution in [0.5, 0.6) is 0 Å². The Morgan fingerprint density at radius 3 is 2.75 bits per heavy atom. The summed E-state index contributed by atoms with van der Waals surface area (Å²) in [5.41, 5.74) is 2.57. The number of nitrogens with one attached hydrogen (secondary N) is 1. The van der Waals surface area contributed by atoms with Crippen LogP contribution in [0.2, 0.25) is 0 Å². The second-order valence-corrected chi connectivity index (χ2v) is 8.72. The zero-order valence-electron chi connectivity index (χ0n) is 19.4. The lowest BCUT2D eigenvalue weighted by Gasteiger charge is -2.39. The molecule has 1 amide bonds. The number of nitriles is 1. The Hall–Kier alpha value is -4.17. The van der Waals surface area contributed by atoms with Gasteiger partial charge in [-0.05, 0) is 30.7 Å². The molecule has 0 bridgehead atoms. The maximum absolute atomic E-state index is 13.6. The van der Waals surface area contributed by atoms with Gasteiger partial charge >= 0.3 is 0 Å². The number of piperazine rings is 1. The molecule has 0 aliphatic carbocycles. The fraction of sp³-hybridized carbons (Fsp3) is 0.320. The van der Waals surface area contributed by atoms with E-state index in [2.05, 4.69) is 31.0 Å². The highest BCUT2D eigenvalue weighted by Gasteiger charge is 2.27. The number of rotatable bonds is 7. The number of aromatic amines is 1. The van der Waals surface area contributed by atoms with E-state index in [9.17, 15) is 18.8 Å². The molecule has 1 aliphatic rings. The standard InChI is InChI=1S/C25H24F2N8O/c26-21-4-3-17(12-22(21)27)25(36)34-10-8-33(9-11-34)19(2-1-6-28)15-35-14-18(13-32-35)23-20-5-7-29-24(20)31-16-30-23/h3-5,7,12-14,16,19H,1-2,8-11,15H2,(H,29,30,31)/t19-/m0/s1. The second-order valence-electron chi connectivity index (χ2n) is 8.72. The van der Waals surface area contributed by atoms with Gasteiger partial charge < -0.3 is 9.88 Å². The summed E-state index contributed by atoms with van der Waals surface area (Å²) in [6.45, 7) is 2.71. The van der Waals surface area contributed by atoms with Gasteiger partial charge in [0.2, 0.25) is 0 Å². The van der Waals surface area contributed by atoms with Crippen LogP contribution < -0.4 is 0 Å². The lowest BCUT2D eigenvalue weighted by Crippen LogP contribution is -2.53. The zero-order chi connectivity index (χ0) is 25.1. The van der Waals surface area contributed by atoms with Gasteiger partial charge in [0.25, 0.3) is 5.91 Å². The Morgan fingerprint density at radius 1 is 1.14 bits per heavy atom. The third kappa shape index (κ3) is 4.81. The third-order valence-corrected chi connectivity index (χ3v) is 6.53. The predicted molar refractivity (Wildman–Crippen MR) is 128 cm³/mol. The van der Waals surface area contributed by atoms with Crippen molar-refractivity contribution in [3.63, 3.8) is 0 Å². The van der Waals surface area contributed by atoms with Crippen LogP contribution >= 0.6 is 0 Å². The number of carbonyl (C=O) groups excluding carboxylic acids is 1. The van der Waals surface area contributed by atoms with Gasteiger partial charge in [-0.1, -0.05) is 0 Å². The smallest absolute Gasteiger partial charge is 0.254 e. The Bertz CT molecular complexity index is 1420. The van der Waals surface area contributed by atoms with Crippen LogP contribution in [-0.4, -0.2) is 72.7 Å². The molecule has 3 aromatic heterocycles. The molecule has 11 heteroatoms. The normalized spacial score (nSPS) is 15.2. The monoisotopic (exact) mass is 490 g/mol. The van der Waals surface area contributed by atoms with Crippen LogP contribution in [0.15, 0.2) is 49.2 Å². The summed E-state index contributed by atoms with van der Waals surface area (Å²) in [4.78, 5) is 28.4. The molecular weight excluding hydrogens is 466 g/mol. The summed E-state index contributed by atoms with van der Waals surface area (Å²) in [6.07, 6.45) is 8.12. The van der Waals surface area contributed by atoms with Gasteiger partial charge in [0.05, 0.1) is 24.5 Å². The SMILES string of the molecule is N#CCC[C@@H](Cn1cc(-c2ncnc3[nH]ccc23)cn1)N1CCN(C(=O)c2ccc(F)c(F)c2)CC1. The number of hydrogen-bond donors (Lipinski definition) is 1. The minimum atomic E-state index is -1.03. The van der Waals surface area contributed by atoms with Gasteiger partial charge in [-0.25, -0.2) is 18.7 Å². The van der Waals surface area contributed by atoms with Gasteiger partial charge in [0.1, 0.15) is 12.0 Å². The van der Waals surface area contributed by atoms with Crippen LogP contribution in [0.1, 0.15) is 23.2 Å². The summed E-state index contributed by atoms with van der Waals surface area (Å²) in [5, 5.41) is 14.6. The zero-order valence-corrected chi connectivity index (χ0v) is 19.4. The number of carbonyl (C=O) groups is 1. The van der Waals surface area contributed by atoms with E-state index in [0.717, 1.165) is 34.4 Å². The van der Waals surface area contributed by atoms with Crippen LogP contribution in [0, 0.1) is 23.0 Å². The van der Waals surface area contributed by atoms with Crippen molar-refractivity contribution in [2.45, 2.75) is 25.4 Å². The molecule has 0 radical (unpaired) electrons. The summed E-state index contributed by atoms with van der Waals surface area (Å²) in [5.74, 6) is -2.33. The third-order valence-electron chi connectivity index (χ3n) is 6.53. The van der Waals surface area contributed by atoms with E-state index in [0.29, 0.717) is 45.6 Å². The molecule has 36 heavy (non-hydrogen) atoms. The van der Waals surface area contributed by atoms with E-state index in [4.69, 9.17) is 0 Å². The average Bonchev–Trinajstić information content (AvgIpc) is 3.57. The van der Waals surface area contributed by atoms with E-state index < -0.39 is 11.6 Å². The Balaban J connectivity index is 1.26. The first kappa shape index (κ1) is 23.6. The van der Waals surface area contributed by atoms with Crippen molar-refractivity contribution in [3.8, 4) is 17.3 Å². The molecule has 1 atom stereocenters. The largest absolute Gasteiger partial charge is 0.346 e. The Labute approximate surface area is 206 Å². The fourth-order valence-corrected chi connectivity index (χ4v) is 4.63. The van der Waals surface area contributed by atoms with E-state index in [-0.39, 0.29) is 17.5 Å². The minimum Gasteiger partial charge on any atom is -0.346 e. The average molecular weight is 491 g/mol. The molecular formula is C25H24F2N8O. The number of amides is 1. The number of aromatic nitrogens is 5. The number of H-pyrrole nitrogens is 1. The fourth-order valence-electron chi connectivity index (χ4n) is 4.63. The first-order valence-electron chi connectivity index (χ1n) is 11.7. The number of benzene rings is 1. The minimum absolute atomic E-state index is 0.0515. The van der Waals surface area contributed by atoms with Crippen LogP contribution in [-0.2, 0) is 6.54 Å². The number of fused-ring (bicyclic) bond motifs is 1. The lowest BCUT2D eigenvalue weighted by atomic mass is 10.1. The highest BCUT2D eigenvalue weighted by Crippen LogP contribution is 2.24. The molecule has 1 aliphatic heterocycles. The van der Waals surface area contributed by atoms with Crippen LogP contribution in [0.4, 0.5) is 8.78 Å². The van der Waals surface area contributed by atoms with Gasteiger partial charge in [-0.3, -0.25) is 14.4 Å². The molecule has 4 heterocycles. The van der Waals surface area contributed by atoms with E-state index in [1.165, 1.54) is 12.4 Å². The van der Waals surface area contributed by atoms with Gasteiger partial charge in [0, 0.05) is 67.5 Å². The van der Waals surface area contributed by atoms with Crippen molar-refractivity contribution in [1.82, 2.24) is 34.5 Å². The highest BCUT2D eigenvalue weighted by molar-refractivity contribution is 5.94. The quantitative estimate of drug-likeness (QED) is 0.426. The molecule has 9 nitrogen and oxygen atoms in total. The molecule has 1 N–H and O–H groups in total. The first-order valence-corrected chi connectivity index (χ1v) is 11.7. The van der Waals surface area contributed by atoms with Crippen molar-refractivity contribution in [3.05, 3.63) is 66.4 Å². The molecule has 0 saturated carbocycles. The van der Waals surface area contributed by atoms with Crippen molar-refractivity contribution in [1.29, 1.82) is 5.26 Å². The van der Waals surface area contributed by atoms with Crippen molar-refractivity contribution in [2.24, 2.45) is 0 Å². The molecule has 0 spiro atoms. The maximum Gasteiger partial charge on any atom is 0.254 e. The summed E-state index contributed by atoms with van der Waals surface area (Å²) in [7, 11) is 0. The van der Waals surface area contributed by atoms with Crippen LogP contribution in [0.25, 0.3) is 22.3 Å². The number of nitrogens with zero attached hydrogens (tertiary/aromatic N) is 7. The van der Waals surface area contributed by atoms with E-state index in [1.54, 1.807) is 11.1 Å². The second kappa shape index (κ2) is 10.2. The van der Waals surface area contributed by atoms with Gasteiger partial charge in [-0.2, -0.15) is 10.4 Å². The van der Waals surface area contributed by atoms with Crippen molar-refractivity contribution < 1.29 is 13.6 Å². The van der Waals surface area contributed by atoms with E-state index >= 15 is 0 Å². The predicted octanol–water partition coefficient (Wildman–Crippen LogP) is 3.23. The molecule has 1 saturated heterocycles. The van der Waals surface area contributed by atoms with Crippen molar-refractivity contribution in [2.75, 3.05) is 26.2 Å². The molecule has 0 unspecified atom stereocenters. The Kier molecular flexibility index (Phi) is 6.69. The number of hydrogen-bond acceptors (Lipinski definition) is 6. The molecule has 4 aromatic rings. The van der Waals surface area contributed by atoms with Gasteiger partial charge in [-0.15, -0.1) is 0 Å². The molecule has 5 rings (SSSR count). The van der Waals surface area contributed by atoms with Crippen LogP contribution in [0.3, 0.4) is 0 Å². The summed E-state index contributed by atoms with van der Waals surface area (Å²) >= 11 is 0. The molecule has 1 fully saturated rings. The lowest BCUT2D eigenvalue weighted by molar-refractivity contribution is 0.0535. The first-order chi connectivity index (χ1) is 17.5. The molecule has 184 valence electrons. The number of halogens is 2. The highest BCUT2D eigenvalue weighted by atomic mass is 19.2. The summed E-state index contributed by atoms with van der Waals surface area (Å²) in [6, 6.07) is 7.41. The van der Waals surface area contributed by atoms with E-state index in [1.807, 2.05) is 23.1 Å². The molecule has 1 aromatic carbocycles. The maximum atomic E-state index is 13.6. The van der Waals surface area contributed by atoms with Gasteiger partial charge in [0.15, 0.2) is 11.6 Å². The summed E-state index contributed by atoms with van der Waals surface area (Å²) < 4.78 is 28.7. The van der Waals surface area contributed by atoms with Crippen molar-refractivity contribution >= 4 is 16.9 Å². The topological polar surface area (TPSA) is 107 Å².